The van der Waals surface area contributed by atoms with Crippen LogP contribution < -0.4 is 4.74 Å². The number of hydrogen-bond donors (Lipinski definition) is 0. The smallest absolute Gasteiger partial charge is 0.344 e. The largest absolute Gasteiger partial charge is 0.482 e. The number of carbonyl (C=O) groups excluding carboxylic acids is 1. The molecule has 4 heteroatoms. The van der Waals surface area contributed by atoms with Crippen molar-refractivity contribution >= 4 is 5.97 Å². The molecule has 0 bridgehead atoms. The first kappa shape index (κ1) is 17.8. The van der Waals surface area contributed by atoms with E-state index < -0.39 is 0 Å². The molecule has 23 heavy (non-hydrogen) atoms. The fourth-order valence-electron chi connectivity index (χ4n) is 3.11. The topological polar surface area (TPSA) is 35.5 Å². The molecule has 0 amide bonds. The number of unbranched alkanes of at least 4 members (excludes halogenated alkanes) is 2. The molecule has 0 spiro atoms. The summed E-state index contributed by atoms with van der Waals surface area (Å²) in [6.07, 6.45) is 9.46. The molecule has 1 aliphatic carbocycles. The first-order valence-corrected chi connectivity index (χ1v) is 8.75. The number of esters is 1. The van der Waals surface area contributed by atoms with Crippen molar-refractivity contribution < 1.29 is 18.7 Å². The van der Waals surface area contributed by atoms with Crippen LogP contribution in [0.15, 0.2) is 24.3 Å². The second kappa shape index (κ2) is 9.53. The molecule has 0 unspecified atom stereocenters. The van der Waals surface area contributed by atoms with Gasteiger partial charge in [-0.05, 0) is 55.9 Å². The molecular formula is C19H27FO3. The number of rotatable bonds is 8. The van der Waals surface area contributed by atoms with E-state index >= 15 is 0 Å². The van der Waals surface area contributed by atoms with E-state index in [0.29, 0.717) is 5.75 Å². The average Bonchev–Trinajstić information content (AvgIpc) is 2.56. The maximum Gasteiger partial charge on any atom is 0.344 e. The highest BCUT2D eigenvalue weighted by Gasteiger charge is 2.23. The molecule has 0 aliphatic heterocycles. The molecule has 0 aromatic heterocycles. The Hall–Kier alpha value is -1.58. The van der Waals surface area contributed by atoms with Crippen LogP contribution in [0.2, 0.25) is 0 Å². The Balaban J connectivity index is 1.62. The number of halogens is 1. The summed E-state index contributed by atoms with van der Waals surface area (Å²) in [5, 5.41) is 0. The van der Waals surface area contributed by atoms with Crippen LogP contribution in [-0.4, -0.2) is 18.7 Å². The second-order valence-corrected chi connectivity index (χ2v) is 6.37. The van der Waals surface area contributed by atoms with Gasteiger partial charge in [0.05, 0.1) is 0 Å². The van der Waals surface area contributed by atoms with Gasteiger partial charge in [0.25, 0.3) is 0 Å². The summed E-state index contributed by atoms with van der Waals surface area (Å²) in [5.41, 5.74) is 0. The van der Waals surface area contributed by atoms with Crippen LogP contribution in [0.1, 0.15) is 58.3 Å². The monoisotopic (exact) mass is 322 g/mol. The van der Waals surface area contributed by atoms with Gasteiger partial charge in [0, 0.05) is 0 Å². The summed E-state index contributed by atoms with van der Waals surface area (Å²) in [7, 11) is 0. The Morgan fingerprint density at radius 2 is 1.83 bits per heavy atom. The summed E-state index contributed by atoms with van der Waals surface area (Å²) in [6.45, 7) is 2.10. The van der Waals surface area contributed by atoms with Crippen molar-refractivity contribution in [3.05, 3.63) is 30.1 Å². The van der Waals surface area contributed by atoms with Crippen LogP contribution in [-0.2, 0) is 9.53 Å². The predicted molar refractivity (Wildman–Crippen MR) is 87.9 cm³/mol. The zero-order valence-electron chi connectivity index (χ0n) is 13.9. The van der Waals surface area contributed by atoms with Gasteiger partial charge < -0.3 is 9.47 Å². The molecule has 0 heterocycles. The van der Waals surface area contributed by atoms with Gasteiger partial charge in [-0.15, -0.1) is 0 Å². The molecular weight excluding hydrogens is 295 g/mol. The summed E-state index contributed by atoms with van der Waals surface area (Å²) in [6, 6.07) is 5.62. The van der Waals surface area contributed by atoms with Crippen LogP contribution in [0.5, 0.6) is 5.75 Å². The summed E-state index contributed by atoms with van der Waals surface area (Å²) in [5.74, 6) is 0.606. The lowest BCUT2D eigenvalue weighted by atomic mass is 9.84. The fourth-order valence-corrected chi connectivity index (χ4v) is 3.11. The number of hydrogen-bond acceptors (Lipinski definition) is 3. The average molecular weight is 322 g/mol. The van der Waals surface area contributed by atoms with Crippen molar-refractivity contribution in [3.8, 4) is 5.75 Å². The van der Waals surface area contributed by atoms with Gasteiger partial charge in [0.2, 0.25) is 0 Å². The van der Waals surface area contributed by atoms with Crippen molar-refractivity contribution in [1.29, 1.82) is 0 Å². The normalized spacial score (nSPS) is 21.0. The zero-order chi connectivity index (χ0) is 16.5. The lowest BCUT2D eigenvalue weighted by Gasteiger charge is -2.28. The molecule has 1 fully saturated rings. The number of carbonyl (C=O) groups is 1. The molecule has 1 aromatic carbocycles. The second-order valence-electron chi connectivity index (χ2n) is 6.37. The van der Waals surface area contributed by atoms with Gasteiger partial charge in [-0.25, -0.2) is 9.18 Å². The van der Waals surface area contributed by atoms with E-state index in [2.05, 4.69) is 6.92 Å². The minimum absolute atomic E-state index is 0.0294. The van der Waals surface area contributed by atoms with Crippen LogP contribution in [0.25, 0.3) is 0 Å². The minimum Gasteiger partial charge on any atom is -0.482 e. The molecule has 1 aromatic rings. The van der Waals surface area contributed by atoms with Gasteiger partial charge in [0.15, 0.2) is 6.61 Å². The quantitative estimate of drug-likeness (QED) is 0.505. The summed E-state index contributed by atoms with van der Waals surface area (Å²) >= 11 is 0. The van der Waals surface area contributed by atoms with Crippen LogP contribution in [0.4, 0.5) is 4.39 Å². The SMILES string of the molecule is CCCCCC1CCC(OC(=O)COc2ccc(F)cc2)CC1. The van der Waals surface area contributed by atoms with E-state index in [4.69, 9.17) is 9.47 Å². The van der Waals surface area contributed by atoms with E-state index in [1.807, 2.05) is 0 Å². The fraction of sp³-hybridized carbons (Fsp3) is 0.632. The molecule has 3 nitrogen and oxygen atoms in total. The Morgan fingerprint density at radius 1 is 1.13 bits per heavy atom. The van der Waals surface area contributed by atoms with Gasteiger partial charge in [-0.1, -0.05) is 32.6 Å². The molecule has 0 radical (unpaired) electrons. The van der Waals surface area contributed by atoms with E-state index in [0.717, 1.165) is 31.6 Å². The first-order chi connectivity index (χ1) is 11.2. The Bertz CT molecular complexity index is 464. The summed E-state index contributed by atoms with van der Waals surface area (Å²) < 4.78 is 23.6. The van der Waals surface area contributed by atoms with Crippen molar-refractivity contribution in [2.45, 2.75) is 64.4 Å². The minimum atomic E-state index is -0.344. The maximum atomic E-state index is 12.8. The van der Waals surface area contributed by atoms with E-state index in [1.54, 1.807) is 0 Å². The van der Waals surface area contributed by atoms with Crippen molar-refractivity contribution in [1.82, 2.24) is 0 Å². The number of benzene rings is 1. The predicted octanol–water partition coefficient (Wildman–Crippen LogP) is 4.89. The van der Waals surface area contributed by atoms with Crippen molar-refractivity contribution in [2.24, 2.45) is 5.92 Å². The standard InChI is InChI=1S/C19H27FO3/c1-2-3-4-5-15-6-10-18(11-7-15)23-19(21)14-22-17-12-8-16(20)9-13-17/h8-9,12-13,15,18H,2-7,10-11,14H2,1H3. The molecule has 128 valence electrons. The highest BCUT2D eigenvalue weighted by molar-refractivity contribution is 5.71. The molecule has 0 N–H and O–H groups in total. The van der Waals surface area contributed by atoms with E-state index in [-0.39, 0.29) is 24.5 Å². The third kappa shape index (κ3) is 6.59. The van der Waals surface area contributed by atoms with Crippen LogP contribution in [0, 0.1) is 11.7 Å². The third-order valence-corrected chi connectivity index (χ3v) is 4.48. The van der Waals surface area contributed by atoms with E-state index in [9.17, 15) is 9.18 Å². The Morgan fingerprint density at radius 3 is 2.48 bits per heavy atom. The zero-order valence-corrected chi connectivity index (χ0v) is 13.9. The molecule has 1 saturated carbocycles. The van der Waals surface area contributed by atoms with Crippen LogP contribution >= 0.6 is 0 Å². The molecule has 2 rings (SSSR count). The van der Waals surface area contributed by atoms with Gasteiger partial charge in [-0.2, -0.15) is 0 Å². The first-order valence-electron chi connectivity index (χ1n) is 8.75. The number of ether oxygens (including phenoxy) is 2. The van der Waals surface area contributed by atoms with E-state index in [1.165, 1.54) is 49.9 Å². The van der Waals surface area contributed by atoms with Crippen LogP contribution in [0.3, 0.4) is 0 Å². The molecule has 0 atom stereocenters. The van der Waals surface area contributed by atoms with Gasteiger partial charge >= 0.3 is 5.97 Å². The van der Waals surface area contributed by atoms with Crippen molar-refractivity contribution in [3.63, 3.8) is 0 Å². The molecule has 0 saturated heterocycles. The Kier molecular flexibility index (Phi) is 7.37. The molecule has 1 aliphatic rings. The Labute approximate surface area is 138 Å². The third-order valence-electron chi connectivity index (χ3n) is 4.48. The lowest BCUT2D eigenvalue weighted by molar-refractivity contribution is -0.153. The highest BCUT2D eigenvalue weighted by Crippen LogP contribution is 2.30. The lowest BCUT2D eigenvalue weighted by Crippen LogP contribution is -2.27. The summed E-state index contributed by atoms with van der Waals surface area (Å²) in [4.78, 5) is 11.8. The van der Waals surface area contributed by atoms with Gasteiger partial charge in [0.1, 0.15) is 17.7 Å². The van der Waals surface area contributed by atoms with Crippen molar-refractivity contribution in [2.75, 3.05) is 6.61 Å². The maximum absolute atomic E-state index is 12.8. The van der Waals surface area contributed by atoms with Gasteiger partial charge in [-0.3, -0.25) is 0 Å². The highest BCUT2D eigenvalue weighted by atomic mass is 19.1.